The molecule has 0 saturated heterocycles. The van der Waals surface area contributed by atoms with Crippen LogP contribution in [0.3, 0.4) is 0 Å². The minimum atomic E-state index is -2.94. The van der Waals surface area contributed by atoms with Gasteiger partial charge in [0.05, 0.1) is 5.56 Å². The summed E-state index contributed by atoms with van der Waals surface area (Å²) in [6.45, 7) is -1.93. The Balaban J connectivity index is 2.71. The maximum absolute atomic E-state index is 12.1. The largest absolute Gasteiger partial charge is 0.434 e. The minimum Gasteiger partial charge on any atom is -0.434 e. The quantitative estimate of drug-likeness (QED) is 0.740. The van der Waals surface area contributed by atoms with E-state index in [1.807, 2.05) is 0 Å². The molecule has 2 N–H and O–H groups in total. The van der Waals surface area contributed by atoms with Gasteiger partial charge in [-0.2, -0.15) is 8.78 Å². The summed E-state index contributed by atoms with van der Waals surface area (Å²) in [5.41, 5.74) is 0.101. The second-order valence-electron chi connectivity index (χ2n) is 3.23. The van der Waals surface area contributed by atoms with Crippen molar-refractivity contribution in [2.45, 2.75) is 6.61 Å². The van der Waals surface area contributed by atoms with Crippen molar-refractivity contribution in [3.63, 3.8) is 0 Å². The van der Waals surface area contributed by atoms with Crippen LogP contribution in [0.5, 0.6) is 5.75 Å². The van der Waals surface area contributed by atoms with Crippen LogP contribution in [0.25, 0.3) is 0 Å². The standard InChI is InChI=1S/C11H14F2N2O2/c1-14-6-7-15-10(16)8-4-2-3-5-9(8)17-11(12)13/h2-5,11,14H,6-7H2,1H3,(H,15,16). The summed E-state index contributed by atoms with van der Waals surface area (Å²) in [4.78, 5) is 11.7. The van der Waals surface area contributed by atoms with Gasteiger partial charge in [-0.25, -0.2) is 0 Å². The fraction of sp³-hybridized carbons (Fsp3) is 0.364. The van der Waals surface area contributed by atoms with Gasteiger partial charge in [0.15, 0.2) is 0 Å². The van der Waals surface area contributed by atoms with E-state index in [9.17, 15) is 13.6 Å². The van der Waals surface area contributed by atoms with Gasteiger partial charge in [-0.15, -0.1) is 0 Å². The molecule has 0 unspecified atom stereocenters. The van der Waals surface area contributed by atoms with Crippen molar-refractivity contribution >= 4 is 5.91 Å². The first-order valence-corrected chi connectivity index (χ1v) is 5.11. The maximum atomic E-state index is 12.1. The van der Waals surface area contributed by atoms with Gasteiger partial charge >= 0.3 is 6.61 Å². The van der Waals surface area contributed by atoms with Crippen molar-refractivity contribution in [2.75, 3.05) is 20.1 Å². The number of carbonyl (C=O) groups is 1. The molecule has 0 spiro atoms. The lowest BCUT2D eigenvalue weighted by Crippen LogP contribution is -2.30. The number of rotatable bonds is 6. The Labute approximate surface area is 98.0 Å². The van der Waals surface area contributed by atoms with Crippen LogP contribution < -0.4 is 15.4 Å². The molecule has 1 aromatic rings. The third-order valence-electron chi connectivity index (χ3n) is 2.01. The number of carbonyl (C=O) groups excluding carboxylic acids is 1. The van der Waals surface area contributed by atoms with Gasteiger partial charge < -0.3 is 15.4 Å². The van der Waals surface area contributed by atoms with Crippen LogP contribution in [0.1, 0.15) is 10.4 Å². The zero-order valence-electron chi connectivity index (χ0n) is 9.37. The van der Waals surface area contributed by atoms with Crippen LogP contribution in [0, 0.1) is 0 Å². The second kappa shape index (κ2) is 6.80. The summed E-state index contributed by atoms with van der Waals surface area (Å²) in [7, 11) is 1.75. The van der Waals surface area contributed by atoms with Gasteiger partial charge in [-0.1, -0.05) is 12.1 Å². The van der Waals surface area contributed by atoms with Crippen LogP contribution in [-0.4, -0.2) is 32.7 Å². The molecule has 4 nitrogen and oxygen atoms in total. The van der Waals surface area contributed by atoms with Crippen LogP contribution in [0.15, 0.2) is 24.3 Å². The Hall–Kier alpha value is -1.69. The molecule has 6 heteroatoms. The van der Waals surface area contributed by atoms with Crippen molar-refractivity contribution in [3.05, 3.63) is 29.8 Å². The first-order valence-electron chi connectivity index (χ1n) is 5.11. The van der Waals surface area contributed by atoms with E-state index in [4.69, 9.17) is 0 Å². The molecular weight excluding hydrogens is 230 g/mol. The number of nitrogens with one attached hydrogen (secondary N) is 2. The third-order valence-corrected chi connectivity index (χ3v) is 2.01. The van der Waals surface area contributed by atoms with Crippen molar-refractivity contribution in [1.29, 1.82) is 0 Å². The lowest BCUT2D eigenvalue weighted by molar-refractivity contribution is -0.0501. The van der Waals surface area contributed by atoms with Gasteiger partial charge in [0.1, 0.15) is 5.75 Å². The van der Waals surface area contributed by atoms with Gasteiger partial charge in [-0.05, 0) is 19.2 Å². The average molecular weight is 244 g/mol. The molecule has 0 heterocycles. The predicted octanol–water partition coefficient (Wildman–Crippen LogP) is 1.24. The molecule has 17 heavy (non-hydrogen) atoms. The van der Waals surface area contributed by atoms with E-state index in [1.54, 1.807) is 13.1 Å². The molecule has 0 aliphatic heterocycles. The molecule has 94 valence electrons. The van der Waals surface area contributed by atoms with Crippen molar-refractivity contribution < 1.29 is 18.3 Å². The number of hydrogen-bond donors (Lipinski definition) is 2. The van der Waals surface area contributed by atoms with Crippen LogP contribution in [0.4, 0.5) is 8.78 Å². The highest BCUT2D eigenvalue weighted by Gasteiger charge is 2.14. The minimum absolute atomic E-state index is 0.101. The van der Waals surface area contributed by atoms with Crippen molar-refractivity contribution in [3.8, 4) is 5.75 Å². The van der Waals surface area contributed by atoms with E-state index in [-0.39, 0.29) is 11.3 Å². The summed E-state index contributed by atoms with van der Waals surface area (Å²) < 4.78 is 28.5. The predicted molar refractivity (Wildman–Crippen MR) is 59.3 cm³/mol. The zero-order valence-corrected chi connectivity index (χ0v) is 9.37. The van der Waals surface area contributed by atoms with E-state index in [0.717, 1.165) is 0 Å². The third kappa shape index (κ3) is 4.36. The van der Waals surface area contributed by atoms with E-state index in [1.165, 1.54) is 18.2 Å². The molecule has 0 aliphatic carbocycles. The Morgan fingerprint density at radius 3 is 2.71 bits per heavy atom. The Morgan fingerprint density at radius 2 is 2.06 bits per heavy atom. The van der Waals surface area contributed by atoms with Gasteiger partial charge in [0, 0.05) is 13.1 Å². The van der Waals surface area contributed by atoms with E-state index < -0.39 is 12.5 Å². The number of halogens is 2. The highest BCUT2D eigenvalue weighted by atomic mass is 19.3. The summed E-state index contributed by atoms with van der Waals surface area (Å²) in [5.74, 6) is -0.555. The first-order chi connectivity index (χ1) is 8.15. The molecule has 0 aliphatic rings. The molecule has 1 amide bonds. The van der Waals surface area contributed by atoms with Crippen molar-refractivity contribution in [1.82, 2.24) is 10.6 Å². The first kappa shape index (κ1) is 13.4. The summed E-state index contributed by atoms with van der Waals surface area (Å²) in [5, 5.41) is 5.44. The SMILES string of the molecule is CNCCNC(=O)c1ccccc1OC(F)F. The number of para-hydroxylation sites is 1. The molecule has 1 rings (SSSR count). The van der Waals surface area contributed by atoms with Crippen LogP contribution >= 0.6 is 0 Å². The van der Waals surface area contributed by atoms with E-state index in [0.29, 0.717) is 13.1 Å². The zero-order chi connectivity index (χ0) is 12.7. The van der Waals surface area contributed by atoms with Gasteiger partial charge in [-0.3, -0.25) is 4.79 Å². The number of benzene rings is 1. The smallest absolute Gasteiger partial charge is 0.387 e. The number of hydrogen-bond acceptors (Lipinski definition) is 3. The van der Waals surface area contributed by atoms with E-state index in [2.05, 4.69) is 15.4 Å². The van der Waals surface area contributed by atoms with Crippen molar-refractivity contribution in [2.24, 2.45) is 0 Å². The second-order valence-corrected chi connectivity index (χ2v) is 3.23. The highest BCUT2D eigenvalue weighted by molar-refractivity contribution is 5.96. The highest BCUT2D eigenvalue weighted by Crippen LogP contribution is 2.19. The molecule has 0 aromatic heterocycles. The fourth-order valence-electron chi connectivity index (χ4n) is 1.25. The monoisotopic (exact) mass is 244 g/mol. The molecule has 0 radical (unpaired) electrons. The average Bonchev–Trinajstić information content (AvgIpc) is 2.29. The topological polar surface area (TPSA) is 50.4 Å². The van der Waals surface area contributed by atoms with Gasteiger partial charge in [0.25, 0.3) is 5.91 Å². The summed E-state index contributed by atoms with van der Waals surface area (Å²) in [6, 6.07) is 5.89. The number of amides is 1. The molecular formula is C11H14F2N2O2. The number of alkyl halides is 2. The molecule has 0 fully saturated rings. The lowest BCUT2D eigenvalue weighted by Gasteiger charge is -2.10. The lowest BCUT2D eigenvalue weighted by atomic mass is 10.2. The summed E-state index contributed by atoms with van der Waals surface area (Å²) in [6.07, 6.45) is 0. The Kier molecular flexibility index (Phi) is 5.35. The van der Waals surface area contributed by atoms with E-state index >= 15 is 0 Å². The summed E-state index contributed by atoms with van der Waals surface area (Å²) >= 11 is 0. The van der Waals surface area contributed by atoms with Crippen LogP contribution in [0.2, 0.25) is 0 Å². The fourth-order valence-corrected chi connectivity index (χ4v) is 1.25. The van der Waals surface area contributed by atoms with Gasteiger partial charge in [0.2, 0.25) is 0 Å². The number of ether oxygens (including phenoxy) is 1. The molecule has 0 bridgehead atoms. The molecule has 1 aromatic carbocycles. The molecule has 0 saturated carbocycles. The maximum Gasteiger partial charge on any atom is 0.387 e. The number of likely N-dealkylation sites (N-methyl/N-ethyl adjacent to an activating group) is 1. The Bertz CT molecular complexity index is 372. The van der Waals surface area contributed by atoms with Crippen LogP contribution in [-0.2, 0) is 0 Å². The molecule has 0 atom stereocenters. The Morgan fingerprint density at radius 1 is 1.35 bits per heavy atom. The normalized spacial score (nSPS) is 10.4.